The van der Waals surface area contributed by atoms with Gasteiger partial charge in [-0.2, -0.15) is 5.26 Å². The minimum Gasteiger partial charge on any atom is -0.481 e. The molecule has 0 aliphatic heterocycles. The Hall–Kier alpha value is -2.02. The number of benzene rings is 1. The van der Waals surface area contributed by atoms with Gasteiger partial charge < -0.3 is 10.8 Å². The number of carboxylic acids is 1. The Labute approximate surface area is 81.6 Å². The Bertz CT molecular complexity index is 419. The molecule has 0 aliphatic rings. The summed E-state index contributed by atoms with van der Waals surface area (Å²) in [5.74, 6) is -0.905. The maximum absolute atomic E-state index is 10.5. The van der Waals surface area contributed by atoms with E-state index in [1.165, 1.54) is 0 Å². The van der Waals surface area contributed by atoms with Crippen molar-refractivity contribution in [2.24, 2.45) is 0 Å². The topological polar surface area (TPSA) is 87.1 Å². The molecule has 0 unspecified atom stereocenters. The van der Waals surface area contributed by atoms with Crippen LogP contribution < -0.4 is 5.73 Å². The number of nitrogens with two attached hydrogens (primary N) is 1. The Kier molecular flexibility index (Phi) is 2.73. The van der Waals surface area contributed by atoms with Gasteiger partial charge in [0.2, 0.25) is 0 Å². The monoisotopic (exact) mass is 190 g/mol. The van der Waals surface area contributed by atoms with E-state index in [1.807, 2.05) is 6.07 Å². The molecule has 1 aromatic rings. The first-order valence-electron chi connectivity index (χ1n) is 4.05. The summed E-state index contributed by atoms with van der Waals surface area (Å²) < 4.78 is 0. The fraction of sp³-hybridized carbons (Fsp3) is 0.200. The highest BCUT2D eigenvalue weighted by atomic mass is 16.4. The Balaban J connectivity index is 3.16. The Morgan fingerprint density at radius 2 is 2.29 bits per heavy atom. The number of rotatable bonds is 2. The number of hydrogen-bond acceptors (Lipinski definition) is 3. The number of nitriles is 1. The first-order chi connectivity index (χ1) is 6.54. The number of nitrogen functional groups attached to an aromatic ring is 1. The quantitative estimate of drug-likeness (QED) is 0.683. The van der Waals surface area contributed by atoms with Gasteiger partial charge in [-0.25, -0.2) is 0 Å². The molecule has 0 amide bonds. The number of aryl methyl sites for hydroxylation is 1. The van der Waals surface area contributed by atoms with E-state index in [-0.39, 0.29) is 6.42 Å². The van der Waals surface area contributed by atoms with Gasteiger partial charge in [0.1, 0.15) is 6.07 Å². The molecule has 0 heterocycles. The molecule has 3 N–H and O–H groups in total. The lowest BCUT2D eigenvalue weighted by atomic mass is 10.0. The highest BCUT2D eigenvalue weighted by Gasteiger charge is 2.07. The van der Waals surface area contributed by atoms with Gasteiger partial charge in [-0.3, -0.25) is 4.79 Å². The standard InChI is InChI=1S/C10H10N2O2/c1-6-2-8(5-11)9(12)3-7(6)4-10(13)14/h2-3H,4,12H2,1H3,(H,13,14). The Morgan fingerprint density at radius 3 is 2.79 bits per heavy atom. The van der Waals surface area contributed by atoms with Crippen molar-refractivity contribution < 1.29 is 9.90 Å². The van der Waals surface area contributed by atoms with Crippen LogP contribution in [0.5, 0.6) is 0 Å². The molecule has 0 bridgehead atoms. The van der Waals surface area contributed by atoms with Crippen molar-refractivity contribution in [3.05, 3.63) is 28.8 Å². The molecule has 0 atom stereocenters. The summed E-state index contributed by atoms with van der Waals surface area (Å²) in [6, 6.07) is 5.09. The lowest BCUT2D eigenvalue weighted by Gasteiger charge is -2.05. The van der Waals surface area contributed by atoms with Crippen molar-refractivity contribution in [3.63, 3.8) is 0 Å². The van der Waals surface area contributed by atoms with Gasteiger partial charge in [-0.15, -0.1) is 0 Å². The fourth-order valence-electron chi connectivity index (χ4n) is 1.22. The summed E-state index contributed by atoms with van der Waals surface area (Å²) in [4.78, 5) is 10.5. The first-order valence-corrected chi connectivity index (χ1v) is 4.05. The third-order valence-corrected chi connectivity index (χ3v) is 1.97. The average molecular weight is 190 g/mol. The maximum Gasteiger partial charge on any atom is 0.307 e. The highest BCUT2D eigenvalue weighted by Crippen LogP contribution is 2.18. The lowest BCUT2D eigenvalue weighted by molar-refractivity contribution is -0.136. The number of carboxylic acid groups (broad SMARTS) is 1. The maximum atomic E-state index is 10.5. The van der Waals surface area contributed by atoms with Crippen LogP contribution in [0.4, 0.5) is 5.69 Å². The van der Waals surface area contributed by atoms with Crippen LogP contribution in [0.15, 0.2) is 12.1 Å². The summed E-state index contributed by atoms with van der Waals surface area (Å²) in [6.07, 6.45) is -0.0677. The van der Waals surface area contributed by atoms with Crippen LogP contribution in [0.25, 0.3) is 0 Å². The van der Waals surface area contributed by atoms with Crippen LogP contribution in [0.1, 0.15) is 16.7 Å². The van der Waals surface area contributed by atoms with E-state index in [2.05, 4.69) is 0 Å². The molecular weight excluding hydrogens is 180 g/mol. The van der Waals surface area contributed by atoms with Gasteiger partial charge in [0.15, 0.2) is 0 Å². The van der Waals surface area contributed by atoms with Crippen LogP contribution in [-0.2, 0) is 11.2 Å². The van der Waals surface area contributed by atoms with E-state index in [9.17, 15) is 4.79 Å². The molecule has 0 aromatic heterocycles. The molecule has 0 saturated carbocycles. The van der Waals surface area contributed by atoms with Gasteiger partial charge in [0.25, 0.3) is 0 Å². The highest BCUT2D eigenvalue weighted by molar-refractivity contribution is 5.72. The van der Waals surface area contributed by atoms with Crippen LogP contribution in [0.3, 0.4) is 0 Å². The van der Waals surface area contributed by atoms with Gasteiger partial charge in [0.05, 0.1) is 12.0 Å². The summed E-state index contributed by atoms with van der Waals surface area (Å²) in [5, 5.41) is 17.3. The number of anilines is 1. The summed E-state index contributed by atoms with van der Waals surface area (Å²) >= 11 is 0. The molecule has 14 heavy (non-hydrogen) atoms. The van der Waals surface area contributed by atoms with E-state index < -0.39 is 5.97 Å². The van der Waals surface area contributed by atoms with Crippen LogP contribution in [-0.4, -0.2) is 11.1 Å². The smallest absolute Gasteiger partial charge is 0.307 e. The zero-order chi connectivity index (χ0) is 10.7. The number of aliphatic carboxylic acids is 1. The van der Waals surface area contributed by atoms with E-state index in [4.69, 9.17) is 16.1 Å². The first kappa shape index (κ1) is 10.1. The van der Waals surface area contributed by atoms with Crippen molar-refractivity contribution in [1.29, 1.82) is 5.26 Å². The van der Waals surface area contributed by atoms with Gasteiger partial charge in [0, 0.05) is 5.69 Å². The second-order valence-electron chi connectivity index (χ2n) is 3.05. The molecule has 0 radical (unpaired) electrons. The fourth-order valence-corrected chi connectivity index (χ4v) is 1.22. The van der Waals surface area contributed by atoms with Gasteiger partial charge in [-0.05, 0) is 30.2 Å². The van der Waals surface area contributed by atoms with Crippen LogP contribution >= 0.6 is 0 Å². The van der Waals surface area contributed by atoms with Crippen molar-refractivity contribution in [3.8, 4) is 6.07 Å². The second-order valence-corrected chi connectivity index (χ2v) is 3.05. The van der Waals surface area contributed by atoms with E-state index in [0.717, 1.165) is 5.56 Å². The van der Waals surface area contributed by atoms with Crippen molar-refractivity contribution in [1.82, 2.24) is 0 Å². The molecule has 72 valence electrons. The molecule has 0 saturated heterocycles. The van der Waals surface area contributed by atoms with E-state index in [0.29, 0.717) is 16.8 Å². The summed E-state index contributed by atoms with van der Waals surface area (Å²) in [5.41, 5.74) is 7.70. The normalized spacial score (nSPS) is 9.43. The minimum atomic E-state index is -0.905. The lowest BCUT2D eigenvalue weighted by Crippen LogP contribution is -2.04. The predicted octanol–water partition coefficient (Wildman–Crippen LogP) is 1.08. The second kappa shape index (κ2) is 3.79. The number of hydrogen-bond donors (Lipinski definition) is 2. The van der Waals surface area contributed by atoms with Gasteiger partial charge in [-0.1, -0.05) is 0 Å². The number of carbonyl (C=O) groups is 1. The minimum absolute atomic E-state index is 0.0677. The molecule has 1 aromatic carbocycles. The third-order valence-electron chi connectivity index (χ3n) is 1.97. The molecule has 0 aliphatic carbocycles. The molecule has 1 rings (SSSR count). The summed E-state index contributed by atoms with van der Waals surface area (Å²) in [7, 11) is 0. The largest absolute Gasteiger partial charge is 0.481 e. The Morgan fingerprint density at radius 1 is 1.64 bits per heavy atom. The van der Waals surface area contributed by atoms with Crippen molar-refractivity contribution in [2.45, 2.75) is 13.3 Å². The van der Waals surface area contributed by atoms with E-state index >= 15 is 0 Å². The third kappa shape index (κ3) is 2.02. The zero-order valence-corrected chi connectivity index (χ0v) is 7.74. The molecule has 4 nitrogen and oxygen atoms in total. The van der Waals surface area contributed by atoms with Crippen molar-refractivity contribution >= 4 is 11.7 Å². The molecular formula is C10H10N2O2. The van der Waals surface area contributed by atoms with Crippen LogP contribution in [0.2, 0.25) is 0 Å². The SMILES string of the molecule is Cc1cc(C#N)c(N)cc1CC(=O)O. The van der Waals surface area contributed by atoms with Crippen molar-refractivity contribution in [2.75, 3.05) is 5.73 Å². The van der Waals surface area contributed by atoms with Gasteiger partial charge >= 0.3 is 5.97 Å². The van der Waals surface area contributed by atoms with Crippen LogP contribution in [0, 0.1) is 18.3 Å². The van der Waals surface area contributed by atoms with E-state index in [1.54, 1.807) is 19.1 Å². The number of nitrogens with zero attached hydrogens (tertiary/aromatic N) is 1. The molecule has 0 spiro atoms. The molecule has 4 heteroatoms. The zero-order valence-electron chi connectivity index (χ0n) is 7.74. The average Bonchev–Trinajstić information content (AvgIpc) is 2.10. The summed E-state index contributed by atoms with van der Waals surface area (Å²) in [6.45, 7) is 1.76. The predicted molar refractivity (Wildman–Crippen MR) is 51.6 cm³/mol. The molecule has 0 fully saturated rings.